The minimum Gasteiger partial charge on any atom is -0.380 e. The van der Waals surface area contributed by atoms with Crippen molar-refractivity contribution in [3.8, 4) is 0 Å². The average molecular weight is 395 g/mol. The minimum absolute atomic E-state index is 0. The first-order valence-electron chi connectivity index (χ1n) is 6.33. The first-order chi connectivity index (χ1) is 9.02. The van der Waals surface area contributed by atoms with Crippen molar-refractivity contribution in [2.45, 2.75) is 27.0 Å². The fourth-order valence-electron chi connectivity index (χ4n) is 1.53. The molecule has 3 N–H and O–H groups in total. The van der Waals surface area contributed by atoms with Crippen LogP contribution in [0.3, 0.4) is 0 Å². The minimum atomic E-state index is -0.263. The molecule has 4 nitrogen and oxygen atoms in total. The van der Waals surface area contributed by atoms with Crippen LogP contribution in [0, 0.1) is 11.7 Å². The summed E-state index contributed by atoms with van der Waals surface area (Å²) in [6, 6.07) is 4.88. The lowest BCUT2D eigenvalue weighted by molar-refractivity contribution is 0.181. The van der Waals surface area contributed by atoms with E-state index in [4.69, 9.17) is 10.5 Å². The summed E-state index contributed by atoms with van der Waals surface area (Å²) in [7, 11) is 1.54. The first-order valence-corrected chi connectivity index (χ1v) is 6.33. The van der Waals surface area contributed by atoms with E-state index in [1.54, 1.807) is 12.1 Å². The highest BCUT2D eigenvalue weighted by Gasteiger charge is 2.03. The third-order valence-electron chi connectivity index (χ3n) is 2.53. The second-order valence-electron chi connectivity index (χ2n) is 4.83. The van der Waals surface area contributed by atoms with Crippen molar-refractivity contribution in [2.75, 3.05) is 13.7 Å². The molecule has 0 amide bonds. The van der Waals surface area contributed by atoms with Crippen molar-refractivity contribution in [1.82, 2.24) is 5.32 Å². The van der Waals surface area contributed by atoms with E-state index in [9.17, 15) is 4.39 Å². The number of rotatable bonds is 6. The molecule has 0 unspecified atom stereocenters. The van der Waals surface area contributed by atoms with E-state index in [2.05, 4.69) is 24.2 Å². The Morgan fingerprint density at radius 3 is 2.75 bits per heavy atom. The fourth-order valence-corrected chi connectivity index (χ4v) is 1.53. The molecule has 1 aromatic rings. The highest BCUT2D eigenvalue weighted by Crippen LogP contribution is 2.12. The predicted octanol–water partition coefficient (Wildman–Crippen LogP) is 2.65. The van der Waals surface area contributed by atoms with Gasteiger partial charge in [0, 0.05) is 19.2 Å². The Hall–Kier alpha value is -0.890. The van der Waals surface area contributed by atoms with Gasteiger partial charge >= 0.3 is 0 Å². The number of nitrogens with two attached hydrogens (primary N) is 1. The first kappa shape index (κ1) is 19.1. The number of hydrogen-bond donors (Lipinski definition) is 2. The van der Waals surface area contributed by atoms with Crippen LogP contribution in [0.4, 0.5) is 4.39 Å². The molecule has 1 aromatic carbocycles. The molecule has 20 heavy (non-hydrogen) atoms. The van der Waals surface area contributed by atoms with E-state index in [1.807, 2.05) is 0 Å². The summed E-state index contributed by atoms with van der Waals surface area (Å²) >= 11 is 0. The molecule has 0 spiro atoms. The molecule has 114 valence electrons. The molecule has 0 atom stereocenters. The van der Waals surface area contributed by atoms with E-state index >= 15 is 0 Å². The lowest BCUT2D eigenvalue weighted by Crippen LogP contribution is -2.34. The van der Waals surface area contributed by atoms with Crippen LogP contribution in [0.1, 0.15) is 25.0 Å². The number of hydrogen-bond acceptors (Lipinski definition) is 2. The highest BCUT2D eigenvalue weighted by molar-refractivity contribution is 14.0. The Morgan fingerprint density at radius 1 is 1.45 bits per heavy atom. The maximum absolute atomic E-state index is 13.4. The van der Waals surface area contributed by atoms with Crippen molar-refractivity contribution >= 4 is 29.9 Å². The number of aliphatic imine (C=N–C) groups is 1. The maximum Gasteiger partial charge on any atom is 0.188 e. The topological polar surface area (TPSA) is 59.6 Å². The molecule has 0 heterocycles. The monoisotopic (exact) mass is 395 g/mol. The number of nitrogens with one attached hydrogen (secondary N) is 1. The molecule has 0 radical (unpaired) electrons. The molecule has 0 aliphatic rings. The van der Waals surface area contributed by atoms with E-state index < -0.39 is 0 Å². The van der Waals surface area contributed by atoms with Crippen molar-refractivity contribution in [3.05, 3.63) is 35.1 Å². The zero-order valence-electron chi connectivity index (χ0n) is 12.1. The average Bonchev–Trinajstić information content (AvgIpc) is 2.37. The van der Waals surface area contributed by atoms with Gasteiger partial charge in [0.2, 0.25) is 0 Å². The number of nitrogens with zero attached hydrogens (tertiary/aromatic N) is 1. The number of guanidine groups is 1. The molecular weight excluding hydrogens is 372 g/mol. The Bertz CT molecular complexity index is 438. The molecule has 0 aromatic heterocycles. The smallest absolute Gasteiger partial charge is 0.188 e. The summed E-state index contributed by atoms with van der Waals surface area (Å²) in [6.07, 6.45) is 0. The summed E-state index contributed by atoms with van der Waals surface area (Å²) in [5, 5.41) is 3.03. The molecule has 6 heteroatoms. The van der Waals surface area contributed by atoms with Crippen LogP contribution in [-0.2, 0) is 17.9 Å². The standard InChI is InChI=1S/C14H22FN3O.HI/c1-10(2)7-17-14(16)18-8-11-4-5-13(15)12(6-11)9-19-3;/h4-6,10H,7-9H2,1-3H3,(H3,16,17,18);1H. The number of halogens is 2. The molecule has 0 fully saturated rings. The number of ether oxygens (including phenoxy) is 1. The van der Waals surface area contributed by atoms with Crippen LogP contribution < -0.4 is 11.1 Å². The van der Waals surface area contributed by atoms with Gasteiger partial charge in [-0.3, -0.25) is 0 Å². The van der Waals surface area contributed by atoms with Crippen LogP contribution >= 0.6 is 24.0 Å². The van der Waals surface area contributed by atoms with E-state index in [1.165, 1.54) is 13.2 Å². The Balaban J connectivity index is 0.00000361. The normalized spacial score (nSPS) is 11.3. The van der Waals surface area contributed by atoms with Crippen LogP contribution in [0.2, 0.25) is 0 Å². The number of benzene rings is 1. The summed E-state index contributed by atoms with van der Waals surface area (Å²) in [6.45, 7) is 5.65. The van der Waals surface area contributed by atoms with E-state index in [0.29, 0.717) is 24.0 Å². The fraction of sp³-hybridized carbons (Fsp3) is 0.500. The summed E-state index contributed by atoms with van der Waals surface area (Å²) in [4.78, 5) is 4.22. The van der Waals surface area contributed by atoms with Crippen molar-refractivity contribution < 1.29 is 9.13 Å². The largest absolute Gasteiger partial charge is 0.380 e. The van der Waals surface area contributed by atoms with Crippen molar-refractivity contribution in [2.24, 2.45) is 16.6 Å². The van der Waals surface area contributed by atoms with Crippen molar-refractivity contribution in [3.63, 3.8) is 0 Å². The molecule has 1 rings (SSSR count). The zero-order chi connectivity index (χ0) is 14.3. The molecule has 0 bridgehead atoms. The lowest BCUT2D eigenvalue weighted by atomic mass is 10.1. The second kappa shape index (κ2) is 9.93. The van der Waals surface area contributed by atoms with Gasteiger partial charge in [0.25, 0.3) is 0 Å². The van der Waals surface area contributed by atoms with Gasteiger partial charge in [-0.15, -0.1) is 24.0 Å². The van der Waals surface area contributed by atoms with Gasteiger partial charge in [-0.05, 0) is 23.6 Å². The van der Waals surface area contributed by atoms with Gasteiger partial charge in [0.15, 0.2) is 5.96 Å². The quantitative estimate of drug-likeness (QED) is 0.443. The van der Waals surface area contributed by atoms with Crippen molar-refractivity contribution in [1.29, 1.82) is 0 Å². The molecular formula is C14H23FIN3O. The lowest BCUT2D eigenvalue weighted by Gasteiger charge is -2.08. The summed E-state index contributed by atoms with van der Waals surface area (Å²) in [5.74, 6) is 0.652. The van der Waals surface area contributed by atoms with Gasteiger partial charge in [0.05, 0.1) is 13.2 Å². The molecule has 0 saturated heterocycles. The van der Waals surface area contributed by atoms with Crippen LogP contribution in [0.15, 0.2) is 23.2 Å². The van der Waals surface area contributed by atoms with Crippen LogP contribution in [0.5, 0.6) is 0 Å². The maximum atomic E-state index is 13.4. The van der Waals surface area contributed by atoms with Gasteiger partial charge in [-0.1, -0.05) is 19.9 Å². The predicted molar refractivity (Wildman–Crippen MR) is 90.7 cm³/mol. The van der Waals surface area contributed by atoms with Gasteiger partial charge in [0.1, 0.15) is 5.82 Å². The molecule has 0 aliphatic heterocycles. The SMILES string of the molecule is COCc1cc(CN=C(N)NCC(C)C)ccc1F.I. The van der Waals surface area contributed by atoms with Crippen LogP contribution in [0.25, 0.3) is 0 Å². The summed E-state index contributed by atoms with van der Waals surface area (Å²) < 4.78 is 18.4. The Labute approximate surface area is 137 Å². The van der Waals surface area contributed by atoms with Gasteiger partial charge in [-0.25, -0.2) is 9.38 Å². The molecule has 0 saturated carbocycles. The van der Waals surface area contributed by atoms with Gasteiger partial charge < -0.3 is 15.8 Å². The van der Waals surface area contributed by atoms with E-state index in [-0.39, 0.29) is 36.4 Å². The highest BCUT2D eigenvalue weighted by atomic mass is 127. The van der Waals surface area contributed by atoms with Gasteiger partial charge in [-0.2, -0.15) is 0 Å². The zero-order valence-corrected chi connectivity index (χ0v) is 14.5. The summed E-state index contributed by atoms with van der Waals surface area (Å²) in [5.41, 5.74) is 7.17. The Kier molecular flexibility index (Phi) is 9.49. The van der Waals surface area contributed by atoms with Crippen LogP contribution in [-0.4, -0.2) is 19.6 Å². The van der Waals surface area contributed by atoms with E-state index in [0.717, 1.165) is 12.1 Å². The third kappa shape index (κ3) is 7.04. The third-order valence-corrected chi connectivity index (χ3v) is 2.53. The number of methoxy groups -OCH3 is 1. The Morgan fingerprint density at radius 2 is 2.15 bits per heavy atom. The second-order valence-corrected chi connectivity index (χ2v) is 4.83. The molecule has 0 aliphatic carbocycles.